The summed E-state index contributed by atoms with van der Waals surface area (Å²) in [6.07, 6.45) is 1.40. The Morgan fingerprint density at radius 2 is 1.88 bits per heavy atom. The van der Waals surface area contributed by atoms with Crippen LogP contribution in [-0.4, -0.2) is 58.1 Å². The fourth-order valence-corrected chi connectivity index (χ4v) is 4.28. The van der Waals surface area contributed by atoms with E-state index < -0.39 is 11.3 Å². The summed E-state index contributed by atoms with van der Waals surface area (Å²) >= 11 is 0. The summed E-state index contributed by atoms with van der Waals surface area (Å²) in [6, 6.07) is 6.27. The zero-order chi connectivity index (χ0) is 23.7. The predicted molar refractivity (Wildman–Crippen MR) is 131 cm³/mol. The number of nitrogens with one attached hydrogen (secondary N) is 1. The Kier molecular flexibility index (Phi) is 6.19. The summed E-state index contributed by atoms with van der Waals surface area (Å²) in [7, 11) is 0. The van der Waals surface area contributed by atoms with Crippen molar-refractivity contribution < 1.29 is 4.79 Å². The molecule has 0 spiro atoms. The lowest BCUT2D eigenvalue weighted by molar-refractivity contribution is 0.1000. The first-order chi connectivity index (χ1) is 15.8. The third-order valence-corrected chi connectivity index (χ3v) is 6.25. The number of carbonyl (C=O) groups excluding carboxylic acids is 1. The zero-order valence-electron chi connectivity index (χ0n) is 19.3. The largest absolute Gasteiger partial charge is 0.384 e. The number of nitrogen functional groups attached to an aromatic ring is 1. The maximum atomic E-state index is 12.7. The average molecular weight is 451 g/mol. The highest BCUT2D eigenvalue weighted by Gasteiger charge is 2.20. The number of pyridine rings is 1. The van der Waals surface area contributed by atoms with E-state index in [0.717, 1.165) is 44.0 Å². The summed E-state index contributed by atoms with van der Waals surface area (Å²) in [6.45, 7) is 11.7. The lowest BCUT2D eigenvalue weighted by Gasteiger charge is -2.35. The standard InChI is InChI=1S/C23H30N8O2/c1-4-29-8-10-30(11-9-29)15-6-7-17(14(3)12-15)27-23-26-13-16-19(32)18(21(25)33)20(24)31(5-2)22(16)28-23/h6-7,12-13H,4-5,8-11,24H2,1-3H3,(H2,25,33)(H,26,27,28). The second-order valence-electron chi connectivity index (χ2n) is 8.17. The Bertz CT molecular complexity index is 1260. The van der Waals surface area contributed by atoms with E-state index in [4.69, 9.17) is 11.5 Å². The van der Waals surface area contributed by atoms with Crippen LogP contribution >= 0.6 is 0 Å². The van der Waals surface area contributed by atoms with E-state index in [1.165, 1.54) is 11.9 Å². The number of rotatable bonds is 6. The highest BCUT2D eigenvalue weighted by atomic mass is 16.2. The van der Waals surface area contributed by atoms with Crippen LogP contribution in [0.25, 0.3) is 11.0 Å². The number of nitrogens with zero attached hydrogens (tertiary/aromatic N) is 5. The number of fused-ring (bicyclic) bond motifs is 1. The molecule has 1 amide bonds. The minimum absolute atomic E-state index is 0.0100. The van der Waals surface area contributed by atoms with Gasteiger partial charge < -0.3 is 31.2 Å². The molecule has 1 aliphatic heterocycles. The smallest absolute Gasteiger partial charge is 0.256 e. The number of aromatic nitrogens is 3. The Labute approximate surface area is 192 Å². The van der Waals surface area contributed by atoms with E-state index >= 15 is 0 Å². The van der Waals surface area contributed by atoms with Gasteiger partial charge in [-0.15, -0.1) is 0 Å². The molecule has 1 aromatic carbocycles. The number of benzene rings is 1. The van der Waals surface area contributed by atoms with Gasteiger partial charge in [-0.05, 0) is 44.2 Å². The van der Waals surface area contributed by atoms with Crippen LogP contribution in [0, 0.1) is 6.92 Å². The molecular weight excluding hydrogens is 420 g/mol. The van der Waals surface area contributed by atoms with Gasteiger partial charge >= 0.3 is 0 Å². The summed E-state index contributed by atoms with van der Waals surface area (Å²) in [5, 5.41) is 3.44. The van der Waals surface area contributed by atoms with Crippen molar-refractivity contribution in [3.8, 4) is 0 Å². The quantitative estimate of drug-likeness (QED) is 0.516. The Hall–Kier alpha value is -3.66. The summed E-state index contributed by atoms with van der Waals surface area (Å²) < 4.78 is 1.59. The highest BCUT2D eigenvalue weighted by molar-refractivity contribution is 6.00. The number of piperazine rings is 1. The Balaban J connectivity index is 1.63. The number of primary amides is 1. The van der Waals surface area contributed by atoms with Crippen LogP contribution in [0.3, 0.4) is 0 Å². The van der Waals surface area contributed by atoms with Crippen molar-refractivity contribution in [3.05, 3.63) is 45.7 Å². The first kappa shape index (κ1) is 22.5. The molecule has 3 aromatic rings. The van der Waals surface area contributed by atoms with Crippen molar-refractivity contribution in [2.45, 2.75) is 27.3 Å². The second kappa shape index (κ2) is 9.07. The number of hydrogen-bond donors (Lipinski definition) is 3. The summed E-state index contributed by atoms with van der Waals surface area (Å²) in [5.41, 5.74) is 14.1. The van der Waals surface area contributed by atoms with Gasteiger partial charge in [-0.2, -0.15) is 4.98 Å². The summed E-state index contributed by atoms with van der Waals surface area (Å²) in [4.78, 5) is 38.1. The fourth-order valence-electron chi connectivity index (χ4n) is 4.28. The van der Waals surface area contributed by atoms with Crippen LogP contribution in [0.15, 0.2) is 29.2 Å². The van der Waals surface area contributed by atoms with Crippen LogP contribution < -0.4 is 27.1 Å². The number of amides is 1. The highest BCUT2D eigenvalue weighted by Crippen LogP contribution is 2.26. The minimum Gasteiger partial charge on any atom is -0.384 e. The monoisotopic (exact) mass is 450 g/mol. The maximum absolute atomic E-state index is 12.7. The molecule has 1 saturated heterocycles. The molecule has 0 atom stereocenters. The van der Waals surface area contributed by atoms with E-state index in [-0.39, 0.29) is 16.8 Å². The molecule has 4 rings (SSSR count). The maximum Gasteiger partial charge on any atom is 0.256 e. The van der Waals surface area contributed by atoms with Crippen molar-refractivity contribution in [2.75, 3.05) is 48.7 Å². The first-order valence-electron chi connectivity index (χ1n) is 11.2. The molecule has 10 nitrogen and oxygen atoms in total. The summed E-state index contributed by atoms with van der Waals surface area (Å²) in [5.74, 6) is -0.519. The van der Waals surface area contributed by atoms with E-state index in [1.807, 2.05) is 19.9 Å². The van der Waals surface area contributed by atoms with E-state index in [1.54, 1.807) is 4.57 Å². The normalized spacial score (nSPS) is 14.6. The average Bonchev–Trinajstić information content (AvgIpc) is 2.80. The number of nitrogens with two attached hydrogens (primary N) is 2. The van der Waals surface area contributed by atoms with E-state index in [2.05, 4.69) is 44.1 Å². The van der Waals surface area contributed by atoms with E-state index in [9.17, 15) is 9.59 Å². The molecule has 174 valence electrons. The van der Waals surface area contributed by atoms with Crippen LogP contribution in [0.1, 0.15) is 29.8 Å². The van der Waals surface area contributed by atoms with Gasteiger partial charge in [0, 0.05) is 50.3 Å². The Morgan fingerprint density at radius 1 is 1.15 bits per heavy atom. The van der Waals surface area contributed by atoms with Gasteiger partial charge in [-0.1, -0.05) is 6.92 Å². The van der Waals surface area contributed by atoms with Gasteiger partial charge in [0.05, 0.1) is 5.39 Å². The van der Waals surface area contributed by atoms with Crippen molar-refractivity contribution in [1.82, 2.24) is 19.4 Å². The molecule has 0 radical (unpaired) electrons. The number of carbonyl (C=O) groups is 1. The molecule has 1 fully saturated rings. The predicted octanol–water partition coefficient (Wildman–Crippen LogP) is 1.69. The topological polar surface area (TPSA) is 135 Å². The molecule has 0 bridgehead atoms. The number of likely N-dealkylation sites (N-methyl/N-ethyl adjacent to an activating group) is 1. The SMILES string of the molecule is CCN1CCN(c2ccc(Nc3ncc4c(=O)c(C(N)=O)c(N)n(CC)c4n3)c(C)c2)CC1. The second-order valence-corrected chi connectivity index (χ2v) is 8.17. The van der Waals surface area contributed by atoms with E-state index in [0.29, 0.717) is 18.1 Å². The third kappa shape index (κ3) is 4.21. The molecule has 1 aliphatic rings. The number of hydrogen-bond acceptors (Lipinski definition) is 8. The van der Waals surface area contributed by atoms with Gasteiger partial charge in [-0.3, -0.25) is 9.59 Å². The van der Waals surface area contributed by atoms with Gasteiger partial charge in [0.25, 0.3) is 5.91 Å². The zero-order valence-corrected chi connectivity index (χ0v) is 19.3. The Morgan fingerprint density at radius 3 is 2.48 bits per heavy atom. The lowest BCUT2D eigenvalue weighted by atomic mass is 10.1. The van der Waals surface area contributed by atoms with Gasteiger partial charge in [0.15, 0.2) is 5.65 Å². The minimum atomic E-state index is -0.865. The number of anilines is 4. The molecule has 3 heterocycles. The third-order valence-electron chi connectivity index (χ3n) is 6.25. The molecular formula is C23H30N8O2. The van der Waals surface area contributed by atoms with Crippen molar-refractivity contribution in [3.63, 3.8) is 0 Å². The molecule has 5 N–H and O–H groups in total. The first-order valence-corrected chi connectivity index (χ1v) is 11.2. The number of aryl methyl sites for hydroxylation is 2. The van der Waals surface area contributed by atoms with Crippen LogP contribution in [0.2, 0.25) is 0 Å². The van der Waals surface area contributed by atoms with Crippen LogP contribution in [0.4, 0.5) is 23.1 Å². The van der Waals surface area contributed by atoms with Gasteiger partial charge in [-0.25, -0.2) is 4.98 Å². The van der Waals surface area contributed by atoms with Crippen LogP contribution in [0.5, 0.6) is 0 Å². The molecule has 0 unspecified atom stereocenters. The van der Waals surface area contributed by atoms with Crippen LogP contribution in [-0.2, 0) is 6.54 Å². The van der Waals surface area contributed by atoms with Gasteiger partial charge in [0.2, 0.25) is 11.4 Å². The lowest BCUT2D eigenvalue weighted by Crippen LogP contribution is -2.46. The molecule has 0 saturated carbocycles. The molecule has 33 heavy (non-hydrogen) atoms. The molecule has 2 aromatic heterocycles. The van der Waals surface area contributed by atoms with Crippen molar-refractivity contribution >= 4 is 40.1 Å². The van der Waals surface area contributed by atoms with Gasteiger partial charge in [0.1, 0.15) is 11.4 Å². The fraction of sp³-hybridized carbons (Fsp3) is 0.391. The molecule has 10 heteroatoms. The molecule has 0 aliphatic carbocycles. The van der Waals surface area contributed by atoms with Crippen molar-refractivity contribution in [1.29, 1.82) is 0 Å². The van der Waals surface area contributed by atoms with Crippen molar-refractivity contribution in [2.24, 2.45) is 5.73 Å².